The number of benzene rings is 1. The molecule has 0 heterocycles. The van der Waals surface area contributed by atoms with E-state index in [1.54, 1.807) is 26.4 Å². The van der Waals surface area contributed by atoms with Crippen molar-refractivity contribution in [3.05, 3.63) is 22.7 Å². The topological polar surface area (TPSA) is 38.7 Å². The Balaban J connectivity index is 3.01. The maximum absolute atomic E-state index is 10.2. The van der Waals surface area contributed by atoms with Gasteiger partial charge in [0.1, 0.15) is 0 Å². The largest absolute Gasteiger partial charge is 0.493 e. The molecule has 102 valence electrons. The van der Waals surface area contributed by atoms with Crippen LogP contribution in [0.25, 0.3) is 0 Å². The summed E-state index contributed by atoms with van der Waals surface area (Å²) in [5.41, 5.74) is 0.689. The van der Waals surface area contributed by atoms with Crippen LogP contribution < -0.4 is 9.47 Å². The molecule has 4 heteroatoms. The summed E-state index contributed by atoms with van der Waals surface area (Å²) in [6.07, 6.45) is 1.14. The van der Waals surface area contributed by atoms with Gasteiger partial charge in [-0.25, -0.2) is 0 Å². The van der Waals surface area contributed by atoms with Crippen LogP contribution in [0.4, 0.5) is 0 Å². The first kappa shape index (κ1) is 15.1. The Bertz CT molecular complexity index is 393. The van der Waals surface area contributed by atoms with E-state index in [-0.39, 0.29) is 0 Å². The van der Waals surface area contributed by atoms with Gasteiger partial charge in [-0.1, -0.05) is 31.9 Å². The van der Waals surface area contributed by atoms with Gasteiger partial charge < -0.3 is 14.6 Å². The molecule has 0 bridgehead atoms. The van der Waals surface area contributed by atoms with Gasteiger partial charge >= 0.3 is 0 Å². The second kappa shape index (κ2) is 6.86. The van der Waals surface area contributed by atoms with Gasteiger partial charge in [0.25, 0.3) is 0 Å². The summed E-state index contributed by atoms with van der Waals surface area (Å²) in [5, 5.41) is 10.7. The monoisotopic (exact) mass is 272 g/mol. The normalized spacial score (nSPS) is 14.1. The zero-order chi connectivity index (χ0) is 13.7. The first-order valence-corrected chi connectivity index (χ1v) is 6.50. The van der Waals surface area contributed by atoms with E-state index >= 15 is 0 Å². The van der Waals surface area contributed by atoms with Gasteiger partial charge in [-0.3, -0.25) is 0 Å². The molecule has 0 aliphatic heterocycles. The molecular formula is C14H21ClO3. The second-order valence-electron chi connectivity index (χ2n) is 4.49. The van der Waals surface area contributed by atoms with E-state index in [1.807, 2.05) is 0 Å². The maximum Gasteiger partial charge on any atom is 0.162 e. The van der Waals surface area contributed by atoms with Gasteiger partial charge in [0.05, 0.1) is 25.3 Å². The number of halogens is 1. The van der Waals surface area contributed by atoms with E-state index in [1.165, 1.54) is 0 Å². The smallest absolute Gasteiger partial charge is 0.162 e. The summed E-state index contributed by atoms with van der Waals surface area (Å²) in [4.78, 5) is 0. The minimum Gasteiger partial charge on any atom is -0.493 e. The highest BCUT2D eigenvalue weighted by atomic mass is 35.5. The van der Waals surface area contributed by atoms with Crippen LogP contribution in [0.1, 0.15) is 38.4 Å². The minimum absolute atomic E-state index is 0.448. The first-order valence-electron chi connectivity index (χ1n) is 6.12. The zero-order valence-electron chi connectivity index (χ0n) is 11.4. The maximum atomic E-state index is 10.2. The molecule has 0 radical (unpaired) electrons. The van der Waals surface area contributed by atoms with E-state index in [4.69, 9.17) is 21.1 Å². The molecule has 0 aliphatic carbocycles. The van der Waals surface area contributed by atoms with Gasteiger partial charge in [-0.05, 0) is 18.4 Å². The van der Waals surface area contributed by atoms with Crippen LogP contribution in [0.5, 0.6) is 11.5 Å². The lowest BCUT2D eigenvalue weighted by Crippen LogP contribution is -2.05. The van der Waals surface area contributed by atoms with Crippen molar-refractivity contribution in [3.8, 4) is 11.5 Å². The van der Waals surface area contributed by atoms with Crippen LogP contribution in [0.3, 0.4) is 0 Å². The Labute approximate surface area is 114 Å². The van der Waals surface area contributed by atoms with Crippen molar-refractivity contribution in [2.75, 3.05) is 14.2 Å². The molecule has 0 aliphatic rings. The molecule has 0 amide bonds. The number of hydrogen-bond donors (Lipinski definition) is 1. The zero-order valence-corrected chi connectivity index (χ0v) is 12.1. The third-order valence-corrected chi connectivity index (χ3v) is 3.51. The molecule has 1 rings (SSSR count). The molecule has 1 aromatic carbocycles. The highest BCUT2D eigenvalue weighted by Crippen LogP contribution is 2.37. The number of methoxy groups -OCH3 is 2. The number of aliphatic hydroxyl groups excluding tert-OH is 1. The number of hydrogen-bond acceptors (Lipinski definition) is 3. The lowest BCUT2D eigenvalue weighted by atomic mass is 9.96. The average Bonchev–Trinajstić information content (AvgIpc) is 2.37. The SMILES string of the molecule is CCC(C)CC(O)c1cc(OC)c(OC)cc1Cl. The number of aliphatic hydroxyl groups is 1. The summed E-state index contributed by atoms with van der Waals surface area (Å²) < 4.78 is 10.4. The molecular weight excluding hydrogens is 252 g/mol. The first-order chi connectivity index (χ1) is 8.53. The summed E-state index contributed by atoms with van der Waals surface area (Å²) in [7, 11) is 3.13. The van der Waals surface area contributed by atoms with Crippen LogP contribution in [0.2, 0.25) is 5.02 Å². The molecule has 0 aromatic heterocycles. The Morgan fingerprint density at radius 3 is 2.28 bits per heavy atom. The standard InChI is InChI=1S/C14H21ClO3/c1-5-9(2)6-12(16)10-7-13(17-3)14(18-4)8-11(10)15/h7-9,12,16H,5-6H2,1-4H3. The lowest BCUT2D eigenvalue weighted by molar-refractivity contribution is 0.146. The fourth-order valence-corrected chi connectivity index (χ4v) is 2.08. The van der Waals surface area contributed by atoms with E-state index in [0.29, 0.717) is 34.4 Å². The molecule has 0 saturated carbocycles. The Kier molecular flexibility index (Phi) is 5.76. The van der Waals surface area contributed by atoms with Crippen LogP contribution >= 0.6 is 11.6 Å². The quantitative estimate of drug-likeness (QED) is 0.855. The molecule has 1 N–H and O–H groups in total. The number of ether oxygens (including phenoxy) is 2. The van der Waals surface area contributed by atoms with Crippen molar-refractivity contribution in [2.45, 2.75) is 32.8 Å². The van der Waals surface area contributed by atoms with Crippen molar-refractivity contribution in [1.29, 1.82) is 0 Å². The predicted molar refractivity (Wildman–Crippen MR) is 73.6 cm³/mol. The Morgan fingerprint density at radius 2 is 1.78 bits per heavy atom. The average molecular weight is 273 g/mol. The van der Waals surface area contributed by atoms with Crippen molar-refractivity contribution >= 4 is 11.6 Å². The van der Waals surface area contributed by atoms with Gasteiger partial charge in [0.15, 0.2) is 11.5 Å². The number of rotatable bonds is 6. The van der Waals surface area contributed by atoms with Crippen molar-refractivity contribution in [3.63, 3.8) is 0 Å². The van der Waals surface area contributed by atoms with E-state index in [0.717, 1.165) is 6.42 Å². The fraction of sp³-hybridized carbons (Fsp3) is 0.571. The molecule has 3 nitrogen and oxygen atoms in total. The van der Waals surface area contributed by atoms with Crippen LogP contribution in [0, 0.1) is 5.92 Å². The minimum atomic E-state index is -0.577. The van der Waals surface area contributed by atoms with Crippen molar-refractivity contribution in [1.82, 2.24) is 0 Å². The van der Waals surface area contributed by atoms with Crippen molar-refractivity contribution < 1.29 is 14.6 Å². The van der Waals surface area contributed by atoms with E-state index < -0.39 is 6.10 Å². The van der Waals surface area contributed by atoms with Gasteiger partial charge in [0, 0.05) is 11.6 Å². The van der Waals surface area contributed by atoms with Gasteiger partial charge in [0.2, 0.25) is 0 Å². The molecule has 0 fully saturated rings. The third kappa shape index (κ3) is 3.53. The fourth-order valence-electron chi connectivity index (χ4n) is 1.80. The van der Waals surface area contributed by atoms with E-state index in [9.17, 15) is 5.11 Å². The van der Waals surface area contributed by atoms with Crippen molar-refractivity contribution in [2.24, 2.45) is 5.92 Å². The molecule has 2 unspecified atom stereocenters. The van der Waals surface area contributed by atoms with Crippen LogP contribution in [0.15, 0.2) is 12.1 Å². The van der Waals surface area contributed by atoms with Crippen LogP contribution in [-0.2, 0) is 0 Å². The molecule has 1 aromatic rings. The lowest BCUT2D eigenvalue weighted by Gasteiger charge is -2.18. The highest BCUT2D eigenvalue weighted by Gasteiger charge is 2.18. The Hall–Kier alpha value is -0.930. The summed E-state index contributed by atoms with van der Waals surface area (Å²) in [6, 6.07) is 3.42. The van der Waals surface area contributed by atoms with Crippen LogP contribution in [-0.4, -0.2) is 19.3 Å². The van der Waals surface area contributed by atoms with Gasteiger partial charge in [-0.15, -0.1) is 0 Å². The molecule has 18 heavy (non-hydrogen) atoms. The summed E-state index contributed by atoms with van der Waals surface area (Å²) >= 11 is 6.16. The Morgan fingerprint density at radius 1 is 1.22 bits per heavy atom. The second-order valence-corrected chi connectivity index (χ2v) is 4.90. The molecule has 0 spiro atoms. The van der Waals surface area contributed by atoms with Gasteiger partial charge in [-0.2, -0.15) is 0 Å². The summed E-state index contributed by atoms with van der Waals surface area (Å²) in [5.74, 6) is 1.60. The summed E-state index contributed by atoms with van der Waals surface area (Å²) in [6.45, 7) is 4.21. The third-order valence-electron chi connectivity index (χ3n) is 3.18. The van der Waals surface area contributed by atoms with E-state index in [2.05, 4.69) is 13.8 Å². The molecule has 0 saturated heterocycles. The highest BCUT2D eigenvalue weighted by molar-refractivity contribution is 6.31. The molecule has 2 atom stereocenters. The predicted octanol–water partition coefficient (Wildman–Crippen LogP) is 3.83.